The topological polar surface area (TPSA) is 41.1 Å². The number of rotatable bonds is 4. The van der Waals surface area contributed by atoms with E-state index in [0.717, 1.165) is 12.2 Å². The molecule has 2 aromatic rings. The van der Waals surface area contributed by atoms with Crippen molar-refractivity contribution < 1.29 is 0 Å². The predicted octanol–water partition coefficient (Wildman–Crippen LogP) is 3.33. The van der Waals surface area contributed by atoms with Crippen LogP contribution in [0.1, 0.15) is 6.92 Å². The molecule has 0 radical (unpaired) electrons. The Morgan fingerprint density at radius 2 is 2.00 bits per heavy atom. The molecular formula is C13H15ClN4. The molecule has 1 aromatic heterocycles. The highest BCUT2D eigenvalue weighted by Gasteiger charge is 2.13. The van der Waals surface area contributed by atoms with Crippen LogP contribution in [0.5, 0.6) is 0 Å². The zero-order chi connectivity index (χ0) is 13.0. The molecule has 0 amide bonds. The number of benzene rings is 1. The largest absolute Gasteiger partial charge is 0.357 e. The van der Waals surface area contributed by atoms with Gasteiger partial charge in [-0.05, 0) is 19.1 Å². The standard InChI is InChI=1S/C13H15ClN4/c1-3-18(10-7-5-4-6-8-10)12-11(14)9-16-13(15-2)17-12/h4-9H,3H2,1-2H3,(H,15,16,17). The molecule has 4 nitrogen and oxygen atoms in total. The van der Waals surface area contributed by atoms with E-state index in [4.69, 9.17) is 11.6 Å². The molecule has 0 aliphatic carbocycles. The van der Waals surface area contributed by atoms with Crippen LogP contribution in [0.3, 0.4) is 0 Å². The summed E-state index contributed by atoms with van der Waals surface area (Å²) in [5.74, 6) is 1.27. The SMILES string of the molecule is CCN(c1ccccc1)c1nc(NC)ncc1Cl. The molecule has 0 atom stereocenters. The smallest absolute Gasteiger partial charge is 0.224 e. The quantitative estimate of drug-likeness (QED) is 0.918. The molecule has 0 unspecified atom stereocenters. The summed E-state index contributed by atoms with van der Waals surface area (Å²) in [5.41, 5.74) is 1.06. The second kappa shape index (κ2) is 5.69. The zero-order valence-electron chi connectivity index (χ0n) is 10.4. The number of para-hydroxylation sites is 1. The van der Waals surface area contributed by atoms with Crippen molar-refractivity contribution in [2.45, 2.75) is 6.92 Å². The molecule has 0 aliphatic heterocycles. The fourth-order valence-corrected chi connectivity index (χ4v) is 1.92. The predicted molar refractivity (Wildman–Crippen MR) is 75.7 cm³/mol. The first-order chi connectivity index (χ1) is 8.76. The molecule has 2 rings (SSSR count). The lowest BCUT2D eigenvalue weighted by Crippen LogP contribution is -2.18. The van der Waals surface area contributed by atoms with Crippen molar-refractivity contribution in [1.29, 1.82) is 0 Å². The Kier molecular flexibility index (Phi) is 3.99. The first-order valence-electron chi connectivity index (χ1n) is 5.79. The monoisotopic (exact) mass is 262 g/mol. The van der Waals surface area contributed by atoms with Crippen LogP contribution >= 0.6 is 11.6 Å². The average Bonchev–Trinajstić information content (AvgIpc) is 2.43. The van der Waals surface area contributed by atoms with Crippen molar-refractivity contribution in [3.05, 3.63) is 41.6 Å². The number of nitrogens with one attached hydrogen (secondary N) is 1. The number of hydrogen-bond donors (Lipinski definition) is 1. The number of anilines is 3. The maximum atomic E-state index is 6.18. The Labute approximate surface area is 112 Å². The van der Waals surface area contributed by atoms with Crippen LogP contribution in [-0.4, -0.2) is 23.6 Å². The summed E-state index contributed by atoms with van der Waals surface area (Å²) in [6, 6.07) is 10.0. The fraction of sp³-hybridized carbons (Fsp3) is 0.231. The summed E-state index contributed by atoms with van der Waals surface area (Å²) in [5, 5.41) is 3.46. The Bertz CT molecular complexity index is 516. The number of nitrogens with zero attached hydrogens (tertiary/aromatic N) is 3. The molecule has 0 saturated heterocycles. The Hall–Kier alpha value is -1.81. The van der Waals surface area contributed by atoms with Crippen LogP contribution in [-0.2, 0) is 0 Å². The van der Waals surface area contributed by atoms with E-state index in [1.54, 1.807) is 13.2 Å². The molecule has 5 heteroatoms. The van der Waals surface area contributed by atoms with E-state index in [1.165, 1.54) is 0 Å². The first kappa shape index (κ1) is 12.6. The minimum absolute atomic E-state index is 0.541. The van der Waals surface area contributed by atoms with Crippen LogP contribution in [0.4, 0.5) is 17.5 Å². The van der Waals surface area contributed by atoms with E-state index in [9.17, 15) is 0 Å². The van der Waals surface area contributed by atoms with Crippen molar-refractivity contribution in [2.75, 3.05) is 23.8 Å². The summed E-state index contributed by atoms with van der Waals surface area (Å²) < 4.78 is 0. The molecule has 0 saturated carbocycles. The summed E-state index contributed by atoms with van der Waals surface area (Å²) in [7, 11) is 1.78. The molecule has 0 spiro atoms. The van der Waals surface area contributed by atoms with Gasteiger partial charge in [0.15, 0.2) is 5.82 Å². The molecule has 18 heavy (non-hydrogen) atoms. The Morgan fingerprint density at radius 3 is 2.61 bits per heavy atom. The molecule has 94 valence electrons. The van der Waals surface area contributed by atoms with Gasteiger partial charge in [-0.3, -0.25) is 0 Å². The lowest BCUT2D eigenvalue weighted by atomic mass is 10.3. The number of aromatic nitrogens is 2. The van der Waals surface area contributed by atoms with Crippen LogP contribution < -0.4 is 10.2 Å². The summed E-state index contributed by atoms with van der Waals surface area (Å²) in [6.45, 7) is 2.84. The van der Waals surface area contributed by atoms with Crippen molar-refractivity contribution >= 4 is 29.1 Å². The third kappa shape index (κ3) is 2.54. The maximum Gasteiger partial charge on any atom is 0.224 e. The summed E-state index contributed by atoms with van der Waals surface area (Å²) >= 11 is 6.18. The molecular weight excluding hydrogens is 248 g/mol. The third-order valence-electron chi connectivity index (χ3n) is 2.59. The highest BCUT2D eigenvalue weighted by atomic mass is 35.5. The van der Waals surface area contributed by atoms with Gasteiger partial charge in [0.25, 0.3) is 0 Å². The number of halogens is 1. The maximum absolute atomic E-state index is 6.18. The van der Waals surface area contributed by atoms with E-state index in [-0.39, 0.29) is 0 Å². The summed E-state index contributed by atoms with van der Waals surface area (Å²) in [4.78, 5) is 10.5. The van der Waals surface area contributed by atoms with Crippen LogP contribution in [0.15, 0.2) is 36.5 Å². The minimum Gasteiger partial charge on any atom is -0.357 e. The number of hydrogen-bond acceptors (Lipinski definition) is 4. The van der Waals surface area contributed by atoms with E-state index in [2.05, 4.69) is 22.2 Å². The Morgan fingerprint density at radius 1 is 1.28 bits per heavy atom. The van der Waals surface area contributed by atoms with Gasteiger partial charge in [0.1, 0.15) is 5.02 Å². The van der Waals surface area contributed by atoms with Gasteiger partial charge >= 0.3 is 0 Å². The van der Waals surface area contributed by atoms with E-state index < -0.39 is 0 Å². The molecule has 1 N–H and O–H groups in total. The minimum atomic E-state index is 0.541. The van der Waals surface area contributed by atoms with Crippen molar-refractivity contribution in [2.24, 2.45) is 0 Å². The Balaban J connectivity index is 2.44. The van der Waals surface area contributed by atoms with Crippen LogP contribution in [0.25, 0.3) is 0 Å². The second-order valence-corrected chi connectivity index (χ2v) is 4.10. The molecule has 1 aromatic carbocycles. The van der Waals surface area contributed by atoms with Gasteiger partial charge < -0.3 is 10.2 Å². The lowest BCUT2D eigenvalue weighted by molar-refractivity contribution is 0.977. The summed E-state index contributed by atoms with van der Waals surface area (Å²) in [6.07, 6.45) is 1.61. The normalized spacial score (nSPS) is 10.2. The second-order valence-electron chi connectivity index (χ2n) is 3.69. The average molecular weight is 263 g/mol. The third-order valence-corrected chi connectivity index (χ3v) is 2.86. The molecule has 0 aliphatic rings. The van der Waals surface area contributed by atoms with Gasteiger partial charge in [0, 0.05) is 19.3 Å². The highest BCUT2D eigenvalue weighted by Crippen LogP contribution is 2.29. The van der Waals surface area contributed by atoms with Crippen molar-refractivity contribution in [3.8, 4) is 0 Å². The van der Waals surface area contributed by atoms with Gasteiger partial charge in [-0.1, -0.05) is 29.8 Å². The van der Waals surface area contributed by atoms with Crippen LogP contribution in [0.2, 0.25) is 5.02 Å². The van der Waals surface area contributed by atoms with Gasteiger partial charge in [0.2, 0.25) is 5.95 Å². The van der Waals surface area contributed by atoms with Crippen LogP contribution in [0, 0.1) is 0 Å². The van der Waals surface area contributed by atoms with Crippen molar-refractivity contribution in [3.63, 3.8) is 0 Å². The van der Waals surface area contributed by atoms with Gasteiger partial charge in [-0.15, -0.1) is 0 Å². The zero-order valence-corrected chi connectivity index (χ0v) is 11.1. The first-order valence-corrected chi connectivity index (χ1v) is 6.17. The van der Waals surface area contributed by atoms with Gasteiger partial charge in [-0.2, -0.15) is 4.98 Å². The molecule has 0 fully saturated rings. The van der Waals surface area contributed by atoms with Gasteiger partial charge in [0.05, 0.1) is 6.20 Å². The van der Waals surface area contributed by atoms with Crippen molar-refractivity contribution in [1.82, 2.24) is 9.97 Å². The van der Waals surface area contributed by atoms with E-state index in [1.807, 2.05) is 35.2 Å². The van der Waals surface area contributed by atoms with E-state index in [0.29, 0.717) is 16.8 Å². The fourth-order valence-electron chi connectivity index (χ4n) is 1.73. The molecule has 1 heterocycles. The molecule has 0 bridgehead atoms. The van der Waals surface area contributed by atoms with E-state index >= 15 is 0 Å². The lowest BCUT2D eigenvalue weighted by Gasteiger charge is -2.23. The highest BCUT2D eigenvalue weighted by molar-refractivity contribution is 6.33. The van der Waals surface area contributed by atoms with Gasteiger partial charge in [-0.25, -0.2) is 4.98 Å².